The molecule has 27 heavy (non-hydrogen) atoms. The Hall–Kier alpha value is -3.15. The number of benzene rings is 2. The third-order valence-corrected chi connectivity index (χ3v) is 5.09. The van der Waals surface area contributed by atoms with Crippen LogP contribution in [0.3, 0.4) is 0 Å². The molecule has 0 radical (unpaired) electrons. The Labute approximate surface area is 154 Å². The lowest BCUT2D eigenvalue weighted by atomic mass is 10.1. The number of aliphatic imine (C=N–C) groups is 2. The number of halogens is 2. The number of hydrogen-bond donors (Lipinski definition) is 0. The van der Waals surface area contributed by atoms with Crippen molar-refractivity contribution in [3.63, 3.8) is 0 Å². The van der Waals surface area contributed by atoms with Crippen molar-refractivity contribution in [2.45, 2.75) is 6.42 Å². The molecular weight excluding hydrogens is 348 g/mol. The van der Waals surface area contributed by atoms with E-state index in [1.165, 1.54) is 6.07 Å². The molecule has 3 aliphatic rings. The van der Waals surface area contributed by atoms with E-state index in [4.69, 9.17) is 0 Å². The summed E-state index contributed by atoms with van der Waals surface area (Å²) in [6.45, 7) is 0.367. The Morgan fingerprint density at radius 1 is 1.11 bits per heavy atom. The smallest absolute Gasteiger partial charge is 0.277 e. The predicted octanol–water partition coefficient (Wildman–Crippen LogP) is 4.04. The molecule has 0 aromatic heterocycles. The first-order valence-electron chi connectivity index (χ1n) is 8.80. The molecular formula is C21H15F2N3O. The average molecular weight is 363 g/mol. The maximum absolute atomic E-state index is 13.5. The SMILES string of the molecule is O=C1C(=Nc2ccc(F)c(F)c2)c2ccccc2N1CC1=CC2CC2C=N1. The molecule has 0 spiro atoms. The molecule has 2 aromatic carbocycles. The van der Waals surface area contributed by atoms with E-state index in [0.717, 1.165) is 29.9 Å². The van der Waals surface area contributed by atoms with Crippen molar-refractivity contribution in [2.24, 2.45) is 21.8 Å². The monoisotopic (exact) mass is 363 g/mol. The van der Waals surface area contributed by atoms with Crippen molar-refractivity contribution in [3.8, 4) is 0 Å². The molecule has 0 bridgehead atoms. The van der Waals surface area contributed by atoms with Crippen LogP contribution in [0.4, 0.5) is 20.2 Å². The maximum Gasteiger partial charge on any atom is 0.277 e. The number of hydrogen-bond acceptors (Lipinski definition) is 3. The van der Waals surface area contributed by atoms with Crippen molar-refractivity contribution in [3.05, 3.63) is 71.4 Å². The van der Waals surface area contributed by atoms with Gasteiger partial charge >= 0.3 is 0 Å². The first-order chi connectivity index (χ1) is 13.1. The number of para-hydroxylation sites is 1. The van der Waals surface area contributed by atoms with E-state index >= 15 is 0 Å². The van der Waals surface area contributed by atoms with E-state index in [1.807, 2.05) is 24.4 Å². The number of fused-ring (bicyclic) bond motifs is 2. The van der Waals surface area contributed by atoms with E-state index in [2.05, 4.69) is 16.1 Å². The molecule has 134 valence electrons. The van der Waals surface area contributed by atoms with E-state index in [0.29, 0.717) is 23.9 Å². The highest BCUT2D eigenvalue weighted by atomic mass is 19.2. The first kappa shape index (κ1) is 16.1. The summed E-state index contributed by atoms with van der Waals surface area (Å²) >= 11 is 0. The normalized spacial score (nSPS) is 24.1. The average Bonchev–Trinajstić information content (AvgIpc) is 3.40. The summed E-state index contributed by atoms with van der Waals surface area (Å²) in [6.07, 6.45) is 5.22. The number of rotatable bonds is 3. The maximum atomic E-state index is 13.5. The van der Waals surface area contributed by atoms with E-state index < -0.39 is 11.6 Å². The zero-order valence-electron chi connectivity index (χ0n) is 14.3. The van der Waals surface area contributed by atoms with Gasteiger partial charge in [0.05, 0.1) is 23.6 Å². The van der Waals surface area contributed by atoms with Gasteiger partial charge in [-0.2, -0.15) is 0 Å². The van der Waals surface area contributed by atoms with Crippen LogP contribution in [0.1, 0.15) is 12.0 Å². The van der Waals surface area contributed by atoms with E-state index in [-0.39, 0.29) is 17.3 Å². The van der Waals surface area contributed by atoms with Crippen LogP contribution in [0, 0.1) is 23.5 Å². The summed E-state index contributed by atoms with van der Waals surface area (Å²) in [5, 5.41) is 0. The molecule has 5 rings (SSSR count). The lowest BCUT2D eigenvalue weighted by Crippen LogP contribution is -2.32. The fourth-order valence-electron chi connectivity index (χ4n) is 3.55. The van der Waals surface area contributed by atoms with Gasteiger partial charge in [-0.1, -0.05) is 24.3 Å². The van der Waals surface area contributed by atoms with Gasteiger partial charge in [-0.25, -0.2) is 13.8 Å². The highest BCUT2D eigenvalue weighted by Crippen LogP contribution is 2.42. The summed E-state index contributed by atoms with van der Waals surface area (Å²) in [6, 6.07) is 10.7. The van der Waals surface area contributed by atoms with Crippen molar-refractivity contribution >= 4 is 29.2 Å². The fraction of sp³-hybridized carbons (Fsp3) is 0.190. The molecule has 1 amide bonds. The Morgan fingerprint density at radius 2 is 1.96 bits per heavy atom. The van der Waals surface area contributed by atoms with Crippen molar-refractivity contribution in [2.75, 3.05) is 11.4 Å². The van der Waals surface area contributed by atoms with Gasteiger partial charge < -0.3 is 4.90 Å². The molecule has 2 heterocycles. The largest absolute Gasteiger partial charge is 0.300 e. The number of amides is 1. The molecule has 2 aromatic rings. The van der Waals surface area contributed by atoms with Crippen LogP contribution in [0.5, 0.6) is 0 Å². The lowest BCUT2D eigenvalue weighted by Gasteiger charge is -2.18. The zero-order chi connectivity index (χ0) is 18.5. The van der Waals surface area contributed by atoms with Crippen LogP contribution < -0.4 is 4.90 Å². The van der Waals surface area contributed by atoms with E-state index in [9.17, 15) is 13.6 Å². The highest BCUT2D eigenvalue weighted by molar-refractivity contribution is 6.54. The Bertz CT molecular complexity index is 1060. The summed E-state index contributed by atoms with van der Waals surface area (Å²) in [4.78, 5) is 23.4. The molecule has 0 N–H and O–H groups in total. The van der Waals surface area contributed by atoms with Crippen LogP contribution in [-0.2, 0) is 4.79 Å². The van der Waals surface area contributed by atoms with Gasteiger partial charge in [0.2, 0.25) is 0 Å². The van der Waals surface area contributed by atoms with Gasteiger partial charge in [-0.3, -0.25) is 9.79 Å². The van der Waals surface area contributed by atoms with Crippen molar-refractivity contribution in [1.29, 1.82) is 0 Å². The van der Waals surface area contributed by atoms with Gasteiger partial charge in [0.1, 0.15) is 5.71 Å². The molecule has 0 saturated heterocycles. The lowest BCUT2D eigenvalue weighted by molar-refractivity contribution is -0.112. The fourth-order valence-corrected chi connectivity index (χ4v) is 3.55. The van der Waals surface area contributed by atoms with Gasteiger partial charge in [0.15, 0.2) is 11.6 Å². The minimum Gasteiger partial charge on any atom is -0.300 e. The number of carbonyl (C=O) groups is 1. The van der Waals surface area contributed by atoms with Crippen molar-refractivity contribution in [1.82, 2.24) is 0 Å². The number of anilines is 1. The molecule has 6 heteroatoms. The molecule has 1 aliphatic carbocycles. The van der Waals surface area contributed by atoms with Gasteiger partial charge in [-0.05, 0) is 30.5 Å². The summed E-state index contributed by atoms with van der Waals surface area (Å²) < 4.78 is 26.7. The third kappa shape index (κ3) is 2.77. The van der Waals surface area contributed by atoms with E-state index in [1.54, 1.807) is 11.0 Å². The summed E-state index contributed by atoms with van der Waals surface area (Å²) in [5.41, 5.74) is 2.71. The Balaban J connectivity index is 1.52. The molecule has 4 nitrogen and oxygen atoms in total. The topological polar surface area (TPSA) is 45.0 Å². The van der Waals surface area contributed by atoms with Gasteiger partial charge in [-0.15, -0.1) is 0 Å². The Morgan fingerprint density at radius 3 is 2.78 bits per heavy atom. The van der Waals surface area contributed by atoms with Gasteiger partial charge in [0.25, 0.3) is 5.91 Å². The highest BCUT2D eigenvalue weighted by Gasteiger charge is 2.38. The van der Waals surface area contributed by atoms with Crippen LogP contribution in [-0.4, -0.2) is 24.4 Å². The second-order valence-corrected chi connectivity index (χ2v) is 6.97. The minimum absolute atomic E-state index is 0.199. The van der Waals surface area contributed by atoms with Crippen LogP contribution in [0.25, 0.3) is 0 Å². The van der Waals surface area contributed by atoms with Crippen LogP contribution >= 0.6 is 0 Å². The molecule has 1 saturated carbocycles. The molecule has 1 fully saturated rings. The van der Waals surface area contributed by atoms with Crippen LogP contribution in [0.15, 0.2) is 64.2 Å². The number of allylic oxidation sites excluding steroid dienone is 1. The quantitative estimate of drug-likeness (QED) is 0.812. The van der Waals surface area contributed by atoms with Gasteiger partial charge in [0, 0.05) is 23.8 Å². The number of nitrogens with zero attached hydrogens (tertiary/aromatic N) is 3. The standard InChI is InChI=1S/C21H15F2N3O/c22-17-6-5-14(9-18(17)23)25-20-16-3-1-2-4-19(16)26(21(20)27)11-15-8-12-7-13(12)10-24-15/h1-6,8-10,12-13H,7,11H2. The Kier molecular flexibility index (Phi) is 3.53. The summed E-state index contributed by atoms with van der Waals surface area (Å²) in [7, 11) is 0. The van der Waals surface area contributed by atoms with Crippen molar-refractivity contribution < 1.29 is 13.6 Å². The molecule has 2 unspecified atom stereocenters. The summed E-state index contributed by atoms with van der Waals surface area (Å²) in [5.74, 6) is -1.11. The number of carbonyl (C=O) groups excluding carboxylic acids is 1. The minimum atomic E-state index is -0.992. The zero-order valence-corrected chi connectivity index (χ0v) is 14.3. The second-order valence-electron chi connectivity index (χ2n) is 6.97. The molecule has 2 aliphatic heterocycles. The third-order valence-electron chi connectivity index (χ3n) is 5.09. The van der Waals surface area contributed by atoms with Crippen LogP contribution in [0.2, 0.25) is 0 Å². The molecule has 2 atom stereocenters. The second kappa shape index (κ2) is 5.94. The predicted molar refractivity (Wildman–Crippen MR) is 99.5 cm³/mol. The first-order valence-corrected chi connectivity index (χ1v) is 8.80.